The number of hydrogen-bond donors (Lipinski definition) is 4. The number of unbranched alkanes of at least 4 members (excludes halogenated alkanes) is 8. The van der Waals surface area contributed by atoms with Crippen molar-refractivity contribution in [1.29, 1.82) is 0 Å². The van der Waals surface area contributed by atoms with Crippen LogP contribution in [0.4, 0.5) is 0 Å². The second-order valence-electron chi connectivity index (χ2n) is 7.58. The highest BCUT2D eigenvalue weighted by molar-refractivity contribution is 5.87. The number of rotatable bonds is 13. The van der Waals surface area contributed by atoms with Gasteiger partial charge in [0.1, 0.15) is 0 Å². The van der Waals surface area contributed by atoms with Gasteiger partial charge in [-0.1, -0.05) is 76.5 Å². The van der Waals surface area contributed by atoms with E-state index in [1.165, 1.54) is 44.9 Å². The van der Waals surface area contributed by atoms with E-state index in [9.17, 15) is 9.59 Å². The smallest absolute Gasteiger partial charge is 0.335 e. The van der Waals surface area contributed by atoms with Gasteiger partial charge in [-0.2, -0.15) is 0 Å². The second kappa shape index (κ2) is 21.8. The molecule has 0 bridgehead atoms. The monoisotopic (exact) mass is 426 g/mol. The normalized spacial score (nSPS) is 11.9. The third-order valence-electron chi connectivity index (χ3n) is 4.20. The SMILES string of the molecule is CC(O)CC(C)O.CCCCCCCCCCCC(=O)O.O=C(O)c1ccccc1. The van der Waals surface area contributed by atoms with Gasteiger partial charge in [-0.25, -0.2) is 4.79 Å². The molecule has 1 rings (SSSR count). The molecule has 0 saturated heterocycles. The first-order chi connectivity index (χ1) is 14.2. The molecule has 1 aromatic rings. The van der Waals surface area contributed by atoms with Gasteiger partial charge in [0.05, 0.1) is 17.8 Å². The molecule has 0 amide bonds. The first-order valence-electron chi connectivity index (χ1n) is 11.1. The van der Waals surface area contributed by atoms with Crippen LogP contribution in [0.25, 0.3) is 0 Å². The molecule has 2 unspecified atom stereocenters. The Morgan fingerprint density at radius 1 is 0.767 bits per heavy atom. The Morgan fingerprint density at radius 3 is 1.50 bits per heavy atom. The number of benzene rings is 1. The van der Waals surface area contributed by atoms with Crippen LogP contribution in [0, 0.1) is 0 Å². The van der Waals surface area contributed by atoms with Crippen LogP contribution in [0.5, 0.6) is 0 Å². The second-order valence-corrected chi connectivity index (χ2v) is 7.58. The van der Waals surface area contributed by atoms with Crippen LogP contribution < -0.4 is 0 Å². The summed E-state index contributed by atoms with van der Waals surface area (Å²) in [7, 11) is 0. The van der Waals surface area contributed by atoms with Gasteiger partial charge in [0.25, 0.3) is 0 Å². The summed E-state index contributed by atoms with van der Waals surface area (Å²) in [5.41, 5.74) is 0.331. The number of aromatic carboxylic acids is 1. The molecule has 0 radical (unpaired) electrons. The van der Waals surface area contributed by atoms with Crippen molar-refractivity contribution in [2.75, 3.05) is 0 Å². The number of carbonyl (C=O) groups is 2. The van der Waals surface area contributed by atoms with Crippen molar-refractivity contribution in [2.45, 2.75) is 104 Å². The molecule has 0 fully saturated rings. The predicted molar refractivity (Wildman–Crippen MR) is 121 cm³/mol. The Hall–Kier alpha value is -1.92. The third kappa shape index (κ3) is 26.1. The van der Waals surface area contributed by atoms with Crippen LogP contribution >= 0.6 is 0 Å². The van der Waals surface area contributed by atoms with Crippen LogP contribution in [0.15, 0.2) is 30.3 Å². The fourth-order valence-electron chi connectivity index (χ4n) is 2.66. The van der Waals surface area contributed by atoms with Crippen LogP contribution in [0.2, 0.25) is 0 Å². The Bertz CT molecular complexity index is 508. The largest absolute Gasteiger partial charge is 0.481 e. The van der Waals surface area contributed by atoms with Crippen molar-refractivity contribution in [1.82, 2.24) is 0 Å². The minimum absolute atomic E-state index is 0.331. The van der Waals surface area contributed by atoms with E-state index in [0.717, 1.165) is 12.8 Å². The molecule has 4 N–H and O–H groups in total. The molecule has 30 heavy (non-hydrogen) atoms. The Balaban J connectivity index is 0. The predicted octanol–water partition coefficient (Wildman–Crippen LogP) is 5.51. The van der Waals surface area contributed by atoms with Gasteiger partial charge in [0.15, 0.2) is 0 Å². The standard InChI is InChI=1S/C12H24O2.C7H6O2.C5H12O2/c1-2-3-4-5-6-7-8-9-10-11-12(13)14;8-7(9)6-4-2-1-3-5-6;1-4(6)3-5(2)7/h2-11H2,1H3,(H,13,14);1-5H,(H,8,9);4-7H,3H2,1-2H3. The fourth-order valence-corrected chi connectivity index (χ4v) is 2.66. The van der Waals surface area contributed by atoms with Crippen LogP contribution in [-0.4, -0.2) is 44.6 Å². The number of carboxylic acids is 2. The van der Waals surface area contributed by atoms with Crippen molar-refractivity contribution < 1.29 is 30.0 Å². The van der Waals surface area contributed by atoms with E-state index in [0.29, 0.717) is 18.4 Å². The molecular formula is C24H42O6. The Kier molecular flexibility index (Phi) is 22.0. The molecule has 6 heteroatoms. The quantitative estimate of drug-likeness (QED) is 0.309. The molecule has 0 aromatic heterocycles. The molecule has 174 valence electrons. The summed E-state index contributed by atoms with van der Waals surface area (Å²) in [6.07, 6.45) is 11.2. The Morgan fingerprint density at radius 2 is 1.20 bits per heavy atom. The van der Waals surface area contributed by atoms with E-state index in [2.05, 4.69) is 6.92 Å². The summed E-state index contributed by atoms with van der Waals surface area (Å²) in [6, 6.07) is 8.30. The van der Waals surface area contributed by atoms with Gasteiger partial charge in [0.2, 0.25) is 0 Å². The lowest BCUT2D eigenvalue weighted by Crippen LogP contribution is -2.10. The average molecular weight is 427 g/mol. The lowest BCUT2D eigenvalue weighted by atomic mass is 10.1. The fraction of sp³-hybridized carbons (Fsp3) is 0.667. The molecule has 1 aromatic carbocycles. The number of aliphatic hydroxyl groups excluding tert-OH is 2. The van der Waals surface area contributed by atoms with Gasteiger partial charge < -0.3 is 20.4 Å². The number of aliphatic hydroxyl groups is 2. The molecule has 2 atom stereocenters. The van der Waals surface area contributed by atoms with Crippen molar-refractivity contribution in [2.24, 2.45) is 0 Å². The van der Waals surface area contributed by atoms with Gasteiger partial charge >= 0.3 is 11.9 Å². The number of hydrogen-bond acceptors (Lipinski definition) is 4. The molecule has 0 aliphatic rings. The van der Waals surface area contributed by atoms with Gasteiger partial charge in [-0.15, -0.1) is 0 Å². The zero-order valence-electron chi connectivity index (χ0n) is 18.9. The van der Waals surface area contributed by atoms with E-state index in [4.69, 9.17) is 20.4 Å². The third-order valence-corrected chi connectivity index (χ3v) is 4.20. The van der Waals surface area contributed by atoms with Gasteiger partial charge in [0, 0.05) is 6.42 Å². The van der Waals surface area contributed by atoms with Crippen LogP contribution in [0.3, 0.4) is 0 Å². The Labute approximate surface area is 182 Å². The lowest BCUT2D eigenvalue weighted by Gasteiger charge is -2.04. The molecule has 6 nitrogen and oxygen atoms in total. The minimum Gasteiger partial charge on any atom is -0.481 e. The zero-order chi connectivity index (χ0) is 23.2. The zero-order valence-corrected chi connectivity index (χ0v) is 18.9. The molecule has 0 heterocycles. The maximum absolute atomic E-state index is 10.2. The average Bonchev–Trinajstić information content (AvgIpc) is 2.67. The lowest BCUT2D eigenvalue weighted by molar-refractivity contribution is -0.137. The van der Waals surface area contributed by atoms with Crippen molar-refractivity contribution in [3.05, 3.63) is 35.9 Å². The van der Waals surface area contributed by atoms with E-state index in [1.54, 1.807) is 44.2 Å². The van der Waals surface area contributed by atoms with Crippen LogP contribution in [-0.2, 0) is 4.79 Å². The summed E-state index contributed by atoms with van der Waals surface area (Å²) in [6.45, 7) is 5.55. The van der Waals surface area contributed by atoms with Crippen molar-refractivity contribution in [3.63, 3.8) is 0 Å². The highest BCUT2D eigenvalue weighted by atomic mass is 16.4. The first kappa shape index (κ1) is 30.3. The van der Waals surface area contributed by atoms with Crippen molar-refractivity contribution in [3.8, 4) is 0 Å². The molecule has 0 spiro atoms. The molecule has 0 aliphatic carbocycles. The highest BCUT2D eigenvalue weighted by Crippen LogP contribution is 2.10. The molecule has 0 aliphatic heterocycles. The van der Waals surface area contributed by atoms with E-state index in [-0.39, 0.29) is 12.2 Å². The number of aliphatic carboxylic acids is 1. The summed E-state index contributed by atoms with van der Waals surface area (Å²) in [4.78, 5) is 20.4. The minimum atomic E-state index is -0.879. The maximum atomic E-state index is 10.2. The summed E-state index contributed by atoms with van der Waals surface area (Å²) < 4.78 is 0. The topological polar surface area (TPSA) is 115 Å². The molecular weight excluding hydrogens is 384 g/mol. The highest BCUT2D eigenvalue weighted by Gasteiger charge is 1.99. The summed E-state index contributed by atoms with van der Waals surface area (Å²) >= 11 is 0. The van der Waals surface area contributed by atoms with Crippen molar-refractivity contribution >= 4 is 11.9 Å². The van der Waals surface area contributed by atoms with Gasteiger partial charge in [-0.05, 0) is 38.8 Å². The van der Waals surface area contributed by atoms with E-state index >= 15 is 0 Å². The molecule has 0 saturated carbocycles. The first-order valence-corrected chi connectivity index (χ1v) is 11.1. The van der Waals surface area contributed by atoms with E-state index in [1.807, 2.05) is 0 Å². The van der Waals surface area contributed by atoms with Gasteiger partial charge in [-0.3, -0.25) is 4.79 Å². The van der Waals surface area contributed by atoms with E-state index < -0.39 is 11.9 Å². The maximum Gasteiger partial charge on any atom is 0.335 e. The summed E-state index contributed by atoms with van der Waals surface area (Å²) in [5, 5.41) is 33.9. The van der Waals surface area contributed by atoms with Crippen LogP contribution in [0.1, 0.15) is 102 Å². The number of carboxylic acid groups (broad SMARTS) is 2. The summed E-state index contributed by atoms with van der Waals surface area (Å²) in [5.74, 6) is -1.54.